The SMILES string of the molecule is CC(C)(C)C1=CC(=Nc2ccc3ccc4cccc5ccc2c3c45)C=C(C(C)(C)C)C1=O. The van der Waals surface area contributed by atoms with Gasteiger partial charge in [-0.1, -0.05) is 90.1 Å². The highest BCUT2D eigenvalue weighted by Crippen LogP contribution is 2.40. The van der Waals surface area contributed by atoms with Crippen LogP contribution in [0.25, 0.3) is 32.3 Å². The molecular formula is C30H29NO. The molecule has 0 amide bonds. The Labute approximate surface area is 189 Å². The lowest BCUT2D eigenvalue weighted by Gasteiger charge is -2.31. The van der Waals surface area contributed by atoms with Gasteiger partial charge >= 0.3 is 0 Å². The first-order chi connectivity index (χ1) is 15.0. The molecule has 0 N–H and O–H groups in total. The van der Waals surface area contributed by atoms with Crippen LogP contribution in [0.15, 0.2) is 82.9 Å². The second kappa shape index (κ2) is 6.87. The van der Waals surface area contributed by atoms with Gasteiger partial charge in [0.1, 0.15) is 0 Å². The van der Waals surface area contributed by atoms with E-state index < -0.39 is 0 Å². The molecule has 0 fully saturated rings. The number of benzene rings is 4. The van der Waals surface area contributed by atoms with Crippen molar-refractivity contribution in [2.75, 3.05) is 0 Å². The number of carbonyl (C=O) groups excluding carboxylic acids is 1. The van der Waals surface area contributed by atoms with Crippen molar-refractivity contribution in [3.63, 3.8) is 0 Å². The van der Waals surface area contributed by atoms with Gasteiger partial charge in [0.2, 0.25) is 0 Å². The molecule has 2 heteroatoms. The van der Waals surface area contributed by atoms with Crippen molar-refractivity contribution in [2.24, 2.45) is 15.8 Å². The van der Waals surface area contributed by atoms with Crippen molar-refractivity contribution in [1.82, 2.24) is 0 Å². The number of rotatable bonds is 1. The number of aliphatic imine (C=N–C) groups is 1. The Kier molecular flexibility index (Phi) is 4.43. The third-order valence-corrected chi connectivity index (χ3v) is 6.44. The first kappa shape index (κ1) is 20.6. The van der Waals surface area contributed by atoms with Crippen LogP contribution in [0.2, 0.25) is 0 Å². The highest BCUT2D eigenvalue weighted by Gasteiger charge is 2.34. The van der Waals surface area contributed by atoms with Crippen LogP contribution in [0.3, 0.4) is 0 Å². The summed E-state index contributed by atoms with van der Waals surface area (Å²) in [4.78, 5) is 18.4. The number of ketones is 1. The fourth-order valence-electron chi connectivity index (χ4n) is 4.75. The standard InChI is InChI=1S/C30H29NO/c1-29(2,3)23-16-21(17-24(28(23)32)30(4,5)6)31-25-15-13-20-11-10-18-8-7-9-19-12-14-22(25)27(20)26(18)19/h7-17H,1-6H3. The molecule has 0 heterocycles. The van der Waals surface area contributed by atoms with Gasteiger partial charge in [-0.15, -0.1) is 0 Å². The average molecular weight is 420 g/mol. The normalized spacial score (nSPS) is 15.6. The molecule has 0 saturated heterocycles. The number of allylic oxidation sites excluding steroid dienone is 4. The quantitative estimate of drug-likeness (QED) is 0.226. The Morgan fingerprint density at radius 1 is 0.625 bits per heavy atom. The highest BCUT2D eigenvalue weighted by molar-refractivity contribution is 6.26. The fraction of sp³-hybridized carbons (Fsp3) is 0.267. The molecule has 0 aliphatic heterocycles. The summed E-state index contributed by atoms with van der Waals surface area (Å²) in [6.45, 7) is 12.6. The molecule has 2 nitrogen and oxygen atoms in total. The summed E-state index contributed by atoms with van der Waals surface area (Å²) in [5.74, 6) is 0.138. The van der Waals surface area contributed by atoms with Crippen molar-refractivity contribution in [3.05, 3.63) is 77.9 Å². The lowest BCUT2D eigenvalue weighted by Crippen LogP contribution is -2.29. The Bertz CT molecular complexity index is 1430. The van der Waals surface area contributed by atoms with Gasteiger partial charge in [-0.25, -0.2) is 4.99 Å². The Hall–Kier alpha value is -3.26. The van der Waals surface area contributed by atoms with Gasteiger partial charge in [0, 0.05) is 16.5 Å². The van der Waals surface area contributed by atoms with Crippen molar-refractivity contribution in [1.29, 1.82) is 0 Å². The van der Waals surface area contributed by atoms with Gasteiger partial charge in [-0.2, -0.15) is 0 Å². The van der Waals surface area contributed by atoms with Crippen LogP contribution in [0, 0.1) is 10.8 Å². The van der Waals surface area contributed by atoms with Crippen molar-refractivity contribution in [2.45, 2.75) is 41.5 Å². The largest absolute Gasteiger partial charge is 0.289 e. The second-order valence-corrected chi connectivity index (χ2v) is 10.9. The van der Waals surface area contributed by atoms with Crippen molar-refractivity contribution in [3.8, 4) is 0 Å². The molecule has 5 rings (SSSR count). The van der Waals surface area contributed by atoms with Crippen LogP contribution in [0.1, 0.15) is 41.5 Å². The summed E-state index contributed by atoms with van der Waals surface area (Å²) >= 11 is 0. The molecule has 0 spiro atoms. The van der Waals surface area contributed by atoms with E-state index in [2.05, 4.69) is 96.1 Å². The number of hydrogen-bond donors (Lipinski definition) is 0. The molecule has 0 aromatic heterocycles. The molecular weight excluding hydrogens is 390 g/mol. The van der Waals surface area contributed by atoms with Crippen LogP contribution in [-0.2, 0) is 4.79 Å². The average Bonchev–Trinajstić information content (AvgIpc) is 2.72. The number of nitrogens with zero attached hydrogens (tertiary/aromatic N) is 1. The minimum atomic E-state index is -0.245. The van der Waals surface area contributed by atoms with Crippen LogP contribution in [0.5, 0.6) is 0 Å². The maximum atomic E-state index is 13.3. The van der Waals surface area contributed by atoms with E-state index in [1.54, 1.807) is 0 Å². The summed E-state index contributed by atoms with van der Waals surface area (Å²) in [7, 11) is 0. The van der Waals surface area contributed by atoms with Gasteiger partial charge in [-0.3, -0.25) is 4.79 Å². The highest BCUT2D eigenvalue weighted by atomic mass is 16.1. The summed E-state index contributed by atoms with van der Waals surface area (Å²) in [5.41, 5.74) is 2.93. The predicted molar refractivity (Wildman–Crippen MR) is 137 cm³/mol. The molecule has 0 saturated carbocycles. The van der Waals surface area contributed by atoms with E-state index in [1.165, 1.54) is 26.9 Å². The fourth-order valence-corrected chi connectivity index (χ4v) is 4.75. The maximum Gasteiger partial charge on any atom is 0.186 e. The molecule has 4 aromatic carbocycles. The molecule has 0 bridgehead atoms. The van der Waals surface area contributed by atoms with Gasteiger partial charge in [0.15, 0.2) is 5.78 Å². The maximum absolute atomic E-state index is 13.3. The zero-order chi connectivity index (χ0) is 22.8. The topological polar surface area (TPSA) is 29.4 Å². The number of hydrogen-bond acceptors (Lipinski definition) is 2. The van der Waals surface area contributed by atoms with E-state index in [-0.39, 0.29) is 16.6 Å². The zero-order valence-electron chi connectivity index (χ0n) is 19.7. The third kappa shape index (κ3) is 3.26. The van der Waals surface area contributed by atoms with Gasteiger partial charge < -0.3 is 0 Å². The smallest absolute Gasteiger partial charge is 0.186 e. The molecule has 1 aliphatic rings. The van der Waals surface area contributed by atoms with Crippen molar-refractivity contribution < 1.29 is 4.79 Å². The Morgan fingerprint density at radius 3 is 1.69 bits per heavy atom. The Morgan fingerprint density at radius 2 is 1.12 bits per heavy atom. The summed E-state index contributed by atoms with van der Waals surface area (Å²) in [6, 6.07) is 19.5. The number of Topliss-reactive ketones (excluding diaryl/α,β-unsaturated/α-hetero) is 1. The zero-order valence-corrected chi connectivity index (χ0v) is 19.7. The van der Waals surface area contributed by atoms with E-state index >= 15 is 0 Å². The summed E-state index contributed by atoms with van der Waals surface area (Å²) in [5, 5.41) is 7.42. The second-order valence-electron chi connectivity index (χ2n) is 10.9. The molecule has 4 aromatic rings. The first-order valence-electron chi connectivity index (χ1n) is 11.3. The minimum Gasteiger partial charge on any atom is -0.289 e. The molecule has 0 unspecified atom stereocenters. The monoisotopic (exact) mass is 419 g/mol. The van der Waals surface area contributed by atoms with Crippen LogP contribution in [-0.4, -0.2) is 11.5 Å². The molecule has 32 heavy (non-hydrogen) atoms. The summed E-state index contributed by atoms with van der Waals surface area (Å²) in [6.07, 6.45) is 3.96. The van der Waals surface area contributed by atoms with Gasteiger partial charge in [0.25, 0.3) is 0 Å². The summed E-state index contributed by atoms with van der Waals surface area (Å²) < 4.78 is 0. The first-order valence-corrected chi connectivity index (χ1v) is 11.3. The molecule has 0 atom stereocenters. The van der Waals surface area contributed by atoms with Gasteiger partial charge in [0.05, 0.1) is 11.4 Å². The molecule has 0 radical (unpaired) electrons. The molecule has 1 aliphatic carbocycles. The van der Waals surface area contributed by atoms with E-state index in [4.69, 9.17) is 4.99 Å². The van der Waals surface area contributed by atoms with Crippen LogP contribution in [0.4, 0.5) is 5.69 Å². The minimum absolute atomic E-state index is 0.138. The van der Waals surface area contributed by atoms with Crippen LogP contribution >= 0.6 is 0 Å². The van der Waals surface area contributed by atoms with E-state index in [0.29, 0.717) is 0 Å². The predicted octanol–water partition coefficient (Wildman–Crippen LogP) is 8.18. The Balaban J connectivity index is 1.78. The third-order valence-electron chi connectivity index (χ3n) is 6.44. The van der Waals surface area contributed by atoms with E-state index in [0.717, 1.165) is 27.9 Å². The van der Waals surface area contributed by atoms with Crippen molar-refractivity contribution >= 4 is 49.5 Å². The lowest BCUT2D eigenvalue weighted by atomic mass is 9.72. The molecule has 160 valence electrons. The lowest BCUT2D eigenvalue weighted by molar-refractivity contribution is -0.114. The van der Waals surface area contributed by atoms with Crippen LogP contribution < -0.4 is 0 Å². The van der Waals surface area contributed by atoms with Gasteiger partial charge in [-0.05, 0) is 56.0 Å². The van der Waals surface area contributed by atoms with E-state index in [1.807, 2.05) is 12.2 Å². The van der Waals surface area contributed by atoms with E-state index in [9.17, 15) is 4.79 Å². The number of carbonyl (C=O) groups is 1.